The van der Waals surface area contributed by atoms with Crippen LogP contribution >= 0.6 is 0 Å². The second kappa shape index (κ2) is 2.70. The van der Waals surface area contributed by atoms with E-state index in [-0.39, 0.29) is 0 Å². The topological polar surface area (TPSA) is 15.6 Å². The third-order valence-corrected chi connectivity index (χ3v) is 2.46. The molecule has 2 aliphatic rings. The molecule has 0 spiro atoms. The lowest BCUT2D eigenvalue weighted by molar-refractivity contribution is 0.193. The molecule has 0 unspecified atom stereocenters. The monoisotopic (exact) mass is 138 g/mol. The van der Waals surface area contributed by atoms with E-state index in [4.69, 9.17) is 0 Å². The van der Waals surface area contributed by atoms with Gasteiger partial charge in [-0.2, -0.15) is 0 Å². The summed E-state index contributed by atoms with van der Waals surface area (Å²) in [5.74, 6) is 0. The molecule has 2 heteroatoms. The van der Waals surface area contributed by atoms with E-state index in [2.05, 4.69) is 16.1 Å². The number of hydrogen-bond donors (Lipinski definition) is 0. The van der Waals surface area contributed by atoms with Gasteiger partial charge in [0.2, 0.25) is 0 Å². The zero-order valence-corrected chi connectivity index (χ0v) is 6.29. The van der Waals surface area contributed by atoms with Crippen molar-refractivity contribution < 1.29 is 0 Å². The number of hydrogen-bond acceptors (Lipinski definition) is 2. The molecule has 0 saturated carbocycles. The van der Waals surface area contributed by atoms with Gasteiger partial charge in [0, 0.05) is 18.8 Å². The highest BCUT2D eigenvalue weighted by molar-refractivity contribution is 5.65. The van der Waals surface area contributed by atoms with Gasteiger partial charge in [0.05, 0.1) is 6.54 Å². The molecule has 1 atom stereocenters. The van der Waals surface area contributed by atoms with Crippen LogP contribution in [0.3, 0.4) is 0 Å². The second-order valence-electron chi connectivity index (χ2n) is 3.15. The Balaban J connectivity index is 2.03. The molecule has 2 nitrogen and oxygen atoms in total. The van der Waals surface area contributed by atoms with Gasteiger partial charge >= 0.3 is 0 Å². The Morgan fingerprint density at radius 3 is 3.20 bits per heavy atom. The SMILES string of the molecule is C1=NCCN2CCCC[C@H]12. The summed E-state index contributed by atoms with van der Waals surface area (Å²) in [5.41, 5.74) is 0. The van der Waals surface area contributed by atoms with Crippen molar-refractivity contribution in [3.8, 4) is 0 Å². The highest BCUT2D eigenvalue weighted by atomic mass is 15.2. The Labute approximate surface area is 61.9 Å². The van der Waals surface area contributed by atoms with Gasteiger partial charge in [0.25, 0.3) is 0 Å². The van der Waals surface area contributed by atoms with E-state index in [0.29, 0.717) is 6.04 Å². The van der Waals surface area contributed by atoms with Crippen molar-refractivity contribution in [2.75, 3.05) is 19.6 Å². The number of rotatable bonds is 0. The molecule has 0 aromatic rings. The standard InChI is InChI=1S/C8H14N2/c1-2-5-10-6-4-9-7-8(10)3-1/h7-8H,1-6H2/t8-/m1/s1. The van der Waals surface area contributed by atoms with Crippen molar-refractivity contribution in [1.29, 1.82) is 0 Å². The van der Waals surface area contributed by atoms with E-state index in [0.717, 1.165) is 6.54 Å². The van der Waals surface area contributed by atoms with Crippen molar-refractivity contribution in [2.24, 2.45) is 4.99 Å². The highest BCUT2D eigenvalue weighted by Gasteiger charge is 2.21. The largest absolute Gasteiger partial charge is 0.295 e. The molecule has 2 aliphatic heterocycles. The van der Waals surface area contributed by atoms with Gasteiger partial charge < -0.3 is 0 Å². The van der Waals surface area contributed by atoms with Gasteiger partial charge in [0.15, 0.2) is 0 Å². The van der Waals surface area contributed by atoms with Crippen LogP contribution in [0.1, 0.15) is 19.3 Å². The predicted molar refractivity (Wildman–Crippen MR) is 42.6 cm³/mol. The third kappa shape index (κ3) is 1.08. The quantitative estimate of drug-likeness (QED) is 0.486. The second-order valence-corrected chi connectivity index (χ2v) is 3.15. The Kier molecular flexibility index (Phi) is 1.72. The molecule has 0 aromatic heterocycles. The first-order valence-corrected chi connectivity index (χ1v) is 4.21. The molecular formula is C8H14N2. The lowest BCUT2D eigenvalue weighted by Crippen LogP contribution is -2.44. The fraction of sp³-hybridized carbons (Fsp3) is 0.875. The zero-order valence-electron chi connectivity index (χ0n) is 6.29. The maximum Gasteiger partial charge on any atom is 0.0513 e. The first kappa shape index (κ1) is 6.35. The average Bonchev–Trinajstić information content (AvgIpc) is 2.05. The third-order valence-electron chi connectivity index (χ3n) is 2.46. The lowest BCUT2D eigenvalue weighted by Gasteiger charge is -2.35. The van der Waals surface area contributed by atoms with E-state index >= 15 is 0 Å². The fourth-order valence-corrected chi connectivity index (χ4v) is 1.85. The van der Waals surface area contributed by atoms with E-state index < -0.39 is 0 Å². The molecule has 0 amide bonds. The number of fused-ring (bicyclic) bond motifs is 1. The van der Waals surface area contributed by atoms with Crippen molar-refractivity contribution in [3.63, 3.8) is 0 Å². The summed E-state index contributed by atoms with van der Waals surface area (Å²) in [6.45, 7) is 3.52. The van der Waals surface area contributed by atoms with Gasteiger partial charge in [0.1, 0.15) is 0 Å². The zero-order chi connectivity index (χ0) is 6.81. The fourth-order valence-electron chi connectivity index (χ4n) is 1.85. The number of nitrogens with zero attached hydrogens (tertiary/aromatic N) is 2. The summed E-state index contributed by atoms with van der Waals surface area (Å²) >= 11 is 0. The molecule has 0 N–H and O–H groups in total. The summed E-state index contributed by atoms with van der Waals surface area (Å²) < 4.78 is 0. The lowest BCUT2D eigenvalue weighted by atomic mass is 10.0. The minimum Gasteiger partial charge on any atom is -0.295 e. The van der Waals surface area contributed by atoms with Crippen LogP contribution in [0.2, 0.25) is 0 Å². The summed E-state index contributed by atoms with van der Waals surface area (Å²) in [6.07, 6.45) is 6.27. The molecule has 1 saturated heterocycles. The predicted octanol–water partition coefficient (Wildman–Crippen LogP) is 0.925. The normalized spacial score (nSPS) is 33.8. The maximum atomic E-state index is 4.29. The van der Waals surface area contributed by atoms with Crippen LogP contribution in [0.25, 0.3) is 0 Å². The van der Waals surface area contributed by atoms with Gasteiger partial charge in [-0.15, -0.1) is 0 Å². The van der Waals surface area contributed by atoms with Crippen molar-refractivity contribution in [3.05, 3.63) is 0 Å². The van der Waals surface area contributed by atoms with Crippen molar-refractivity contribution >= 4 is 6.21 Å². The van der Waals surface area contributed by atoms with Crippen LogP contribution in [0, 0.1) is 0 Å². The van der Waals surface area contributed by atoms with Gasteiger partial charge in [-0.1, -0.05) is 6.42 Å². The molecule has 0 radical (unpaired) electrons. The first-order valence-electron chi connectivity index (χ1n) is 4.21. The molecule has 10 heavy (non-hydrogen) atoms. The molecule has 0 aromatic carbocycles. The molecule has 0 bridgehead atoms. The Morgan fingerprint density at radius 2 is 2.30 bits per heavy atom. The first-order chi connectivity index (χ1) is 4.97. The Morgan fingerprint density at radius 1 is 1.30 bits per heavy atom. The molecule has 0 aliphatic carbocycles. The summed E-state index contributed by atoms with van der Waals surface area (Å²) in [4.78, 5) is 6.85. The maximum absolute atomic E-state index is 4.29. The van der Waals surface area contributed by atoms with Gasteiger partial charge in [-0.25, -0.2) is 0 Å². The van der Waals surface area contributed by atoms with Crippen LogP contribution in [0.4, 0.5) is 0 Å². The molecular weight excluding hydrogens is 124 g/mol. The molecule has 2 heterocycles. The Hall–Kier alpha value is -0.370. The van der Waals surface area contributed by atoms with Crippen LogP contribution in [-0.2, 0) is 0 Å². The van der Waals surface area contributed by atoms with E-state index in [1.165, 1.54) is 32.4 Å². The summed E-state index contributed by atoms with van der Waals surface area (Å²) in [5, 5.41) is 0. The van der Waals surface area contributed by atoms with Crippen LogP contribution < -0.4 is 0 Å². The van der Waals surface area contributed by atoms with E-state index in [1.54, 1.807) is 0 Å². The molecule has 1 fully saturated rings. The van der Waals surface area contributed by atoms with Gasteiger partial charge in [-0.3, -0.25) is 9.89 Å². The smallest absolute Gasteiger partial charge is 0.0513 e. The Bertz CT molecular complexity index is 142. The minimum absolute atomic E-state index is 0.697. The van der Waals surface area contributed by atoms with Gasteiger partial charge in [-0.05, 0) is 19.4 Å². The van der Waals surface area contributed by atoms with Crippen molar-refractivity contribution in [2.45, 2.75) is 25.3 Å². The van der Waals surface area contributed by atoms with Crippen molar-refractivity contribution in [1.82, 2.24) is 4.90 Å². The number of aliphatic imine (C=N–C) groups is 1. The highest BCUT2D eigenvalue weighted by Crippen LogP contribution is 2.16. The van der Waals surface area contributed by atoms with Crippen LogP contribution in [-0.4, -0.2) is 36.8 Å². The summed E-state index contributed by atoms with van der Waals surface area (Å²) in [7, 11) is 0. The average molecular weight is 138 g/mol. The number of piperidine rings is 1. The van der Waals surface area contributed by atoms with Crippen LogP contribution in [0.15, 0.2) is 4.99 Å². The summed E-state index contributed by atoms with van der Waals surface area (Å²) in [6, 6.07) is 0.697. The van der Waals surface area contributed by atoms with Crippen LogP contribution in [0.5, 0.6) is 0 Å². The molecule has 56 valence electrons. The van der Waals surface area contributed by atoms with E-state index in [9.17, 15) is 0 Å². The van der Waals surface area contributed by atoms with E-state index in [1.807, 2.05) is 0 Å². The molecule has 2 rings (SSSR count). The minimum atomic E-state index is 0.697.